The van der Waals surface area contributed by atoms with Gasteiger partial charge in [0.15, 0.2) is 0 Å². The Balaban J connectivity index is 2.19. The van der Waals surface area contributed by atoms with Gasteiger partial charge in [-0.15, -0.1) is 11.6 Å². The van der Waals surface area contributed by atoms with Crippen LogP contribution < -0.4 is 10.6 Å². The molecule has 64 valence electrons. The van der Waals surface area contributed by atoms with Gasteiger partial charge in [0.25, 0.3) is 0 Å². The second-order valence-corrected chi connectivity index (χ2v) is 3.19. The van der Waals surface area contributed by atoms with Crippen LogP contribution in [0.3, 0.4) is 0 Å². The lowest BCUT2D eigenvalue weighted by atomic mass is 10.1. The first-order chi connectivity index (χ1) is 5.33. The summed E-state index contributed by atoms with van der Waals surface area (Å²) in [4.78, 5) is 0. The zero-order valence-corrected chi connectivity index (χ0v) is 7.45. The SMILES string of the molecule is C=C(CCl)NC1CCCNC1. The molecule has 1 rings (SSSR count). The molecule has 1 fully saturated rings. The van der Waals surface area contributed by atoms with E-state index in [1.807, 2.05) is 0 Å². The lowest BCUT2D eigenvalue weighted by Gasteiger charge is -2.25. The van der Waals surface area contributed by atoms with E-state index in [0.717, 1.165) is 18.8 Å². The van der Waals surface area contributed by atoms with E-state index in [0.29, 0.717) is 11.9 Å². The van der Waals surface area contributed by atoms with Gasteiger partial charge in [0.1, 0.15) is 0 Å². The van der Waals surface area contributed by atoms with Gasteiger partial charge in [-0.05, 0) is 19.4 Å². The van der Waals surface area contributed by atoms with Crippen molar-refractivity contribution in [3.05, 3.63) is 12.3 Å². The zero-order chi connectivity index (χ0) is 8.10. The minimum Gasteiger partial charge on any atom is -0.384 e. The Morgan fingerprint density at radius 3 is 3.09 bits per heavy atom. The average Bonchev–Trinajstić information content (AvgIpc) is 2.06. The maximum Gasteiger partial charge on any atom is 0.0615 e. The molecule has 1 aliphatic rings. The monoisotopic (exact) mass is 174 g/mol. The number of alkyl halides is 1. The molecule has 1 aliphatic heterocycles. The molecule has 0 amide bonds. The van der Waals surface area contributed by atoms with Crippen LogP contribution in [0.25, 0.3) is 0 Å². The molecule has 0 aromatic carbocycles. The van der Waals surface area contributed by atoms with Gasteiger partial charge in [-0.3, -0.25) is 0 Å². The standard InChI is InChI=1S/C8H15ClN2/c1-7(5-9)11-8-3-2-4-10-6-8/h8,10-11H,1-6H2. The first-order valence-corrected chi connectivity index (χ1v) is 4.57. The van der Waals surface area contributed by atoms with Crippen LogP contribution in [-0.2, 0) is 0 Å². The number of allylic oxidation sites excluding steroid dienone is 1. The first-order valence-electron chi connectivity index (χ1n) is 4.04. The Morgan fingerprint density at radius 2 is 2.55 bits per heavy atom. The quantitative estimate of drug-likeness (QED) is 0.626. The van der Waals surface area contributed by atoms with Gasteiger partial charge in [-0.2, -0.15) is 0 Å². The highest BCUT2D eigenvalue weighted by molar-refractivity contribution is 6.19. The summed E-state index contributed by atoms with van der Waals surface area (Å²) in [7, 11) is 0. The van der Waals surface area contributed by atoms with Crippen molar-refractivity contribution in [2.75, 3.05) is 19.0 Å². The van der Waals surface area contributed by atoms with E-state index in [-0.39, 0.29) is 0 Å². The number of halogens is 1. The van der Waals surface area contributed by atoms with Gasteiger partial charge in [-0.1, -0.05) is 6.58 Å². The molecular weight excluding hydrogens is 160 g/mol. The first kappa shape index (κ1) is 8.88. The summed E-state index contributed by atoms with van der Waals surface area (Å²) in [6.45, 7) is 5.98. The maximum absolute atomic E-state index is 5.59. The Morgan fingerprint density at radius 1 is 1.73 bits per heavy atom. The maximum atomic E-state index is 5.59. The summed E-state index contributed by atoms with van der Waals surface area (Å²) in [6, 6.07) is 0.537. The molecule has 0 spiro atoms. The summed E-state index contributed by atoms with van der Waals surface area (Å²) in [5.74, 6) is 0.510. The van der Waals surface area contributed by atoms with E-state index >= 15 is 0 Å². The van der Waals surface area contributed by atoms with Crippen molar-refractivity contribution in [1.29, 1.82) is 0 Å². The fraction of sp³-hybridized carbons (Fsp3) is 0.750. The number of piperidine rings is 1. The summed E-state index contributed by atoms with van der Waals surface area (Å²) in [5.41, 5.74) is 0.931. The number of rotatable bonds is 3. The van der Waals surface area contributed by atoms with Crippen LogP contribution in [-0.4, -0.2) is 25.0 Å². The van der Waals surface area contributed by atoms with Crippen LogP contribution in [0.4, 0.5) is 0 Å². The van der Waals surface area contributed by atoms with Crippen molar-refractivity contribution in [2.24, 2.45) is 0 Å². The van der Waals surface area contributed by atoms with E-state index in [2.05, 4.69) is 17.2 Å². The summed E-state index contributed by atoms with van der Waals surface area (Å²) in [6.07, 6.45) is 2.47. The van der Waals surface area contributed by atoms with Crippen molar-refractivity contribution in [3.8, 4) is 0 Å². The fourth-order valence-corrected chi connectivity index (χ4v) is 1.38. The van der Waals surface area contributed by atoms with Crippen molar-refractivity contribution < 1.29 is 0 Å². The van der Waals surface area contributed by atoms with E-state index in [1.54, 1.807) is 0 Å². The van der Waals surface area contributed by atoms with Crippen molar-refractivity contribution in [3.63, 3.8) is 0 Å². The molecule has 2 nitrogen and oxygen atoms in total. The fourth-order valence-electron chi connectivity index (χ4n) is 1.30. The molecule has 0 aliphatic carbocycles. The molecule has 0 aromatic heterocycles. The summed E-state index contributed by atoms with van der Waals surface area (Å²) in [5, 5.41) is 6.60. The average molecular weight is 175 g/mol. The Kier molecular flexibility index (Phi) is 3.73. The van der Waals surface area contributed by atoms with Gasteiger partial charge in [0.2, 0.25) is 0 Å². The zero-order valence-electron chi connectivity index (χ0n) is 6.70. The second-order valence-electron chi connectivity index (χ2n) is 2.92. The predicted octanol–water partition coefficient (Wildman–Crippen LogP) is 1.08. The predicted molar refractivity (Wildman–Crippen MR) is 48.9 cm³/mol. The third kappa shape index (κ3) is 3.12. The van der Waals surface area contributed by atoms with Gasteiger partial charge >= 0.3 is 0 Å². The number of hydrogen-bond donors (Lipinski definition) is 2. The molecule has 0 aromatic rings. The third-order valence-electron chi connectivity index (χ3n) is 1.87. The van der Waals surface area contributed by atoms with Crippen LogP contribution in [0, 0.1) is 0 Å². The molecule has 1 saturated heterocycles. The largest absolute Gasteiger partial charge is 0.384 e. The lowest BCUT2D eigenvalue weighted by molar-refractivity contribution is 0.415. The number of nitrogens with one attached hydrogen (secondary N) is 2. The van der Waals surface area contributed by atoms with E-state index in [1.165, 1.54) is 12.8 Å². The molecule has 11 heavy (non-hydrogen) atoms. The van der Waals surface area contributed by atoms with Crippen LogP contribution in [0.2, 0.25) is 0 Å². The Hall–Kier alpha value is -0.210. The molecule has 0 bridgehead atoms. The lowest BCUT2D eigenvalue weighted by Crippen LogP contribution is -2.42. The van der Waals surface area contributed by atoms with E-state index in [9.17, 15) is 0 Å². The molecule has 0 saturated carbocycles. The third-order valence-corrected chi connectivity index (χ3v) is 2.19. The van der Waals surface area contributed by atoms with Crippen LogP contribution >= 0.6 is 11.6 Å². The summed E-state index contributed by atoms with van der Waals surface area (Å²) < 4.78 is 0. The molecule has 3 heteroatoms. The molecular formula is C8H15ClN2. The second kappa shape index (κ2) is 4.62. The van der Waals surface area contributed by atoms with E-state index in [4.69, 9.17) is 11.6 Å². The van der Waals surface area contributed by atoms with Crippen LogP contribution in [0.15, 0.2) is 12.3 Å². The van der Waals surface area contributed by atoms with Crippen molar-refractivity contribution in [1.82, 2.24) is 10.6 Å². The van der Waals surface area contributed by atoms with Crippen LogP contribution in [0.1, 0.15) is 12.8 Å². The van der Waals surface area contributed by atoms with Gasteiger partial charge in [0.05, 0.1) is 5.88 Å². The van der Waals surface area contributed by atoms with E-state index < -0.39 is 0 Å². The molecule has 0 radical (unpaired) electrons. The Bertz CT molecular complexity index is 130. The van der Waals surface area contributed by atoms with Crippen molar-refractivity contribution in [2.45, 2.75) is 18.9 Å². The Labute approximate surface area is 73.0 Å². The smallest absolute Gasteiger partial charge is 0.0615 e. The molecule has 2 N–H and O–H groups in total. The highest BCUT2D eigenvalue weighted by atomic mass is 35.5. The summed E-state index contributed by atoms with van der Waals surface area (Å²) >= 11 is 5.59. The molecule has 1 unspecified atom stereocenters. The topological polar surface area (TPSA) is 24.1 Å². The minimum absolute atomic E-state index is 0.510. The normalized spacial score (nSPS) is 24.6. The highest BCUT2D eigenvalue weighted by Gasteiger charge is 2.11. The van der Waals surface area contributed by atoms with Crippen molar-refractivity contribution >= 4 is 11.6 Å². The number of hydrogen-bond acceptors (Lipinski definition) is 2. The van der Waals surface area contributed by atoms with Gasteiger partial charge in [-0.25, -0.2) is 0 Å². The highest BCUT2D eigenvalue weighted by Crippen LogP contribution is 2.03. The molecule has 1 heterocycles. The van der Waals surface area contributed by atoms with Gasteiger partial charge in [0, 0.05) is 18.3 Å². The molecule has 1 atom stereocenters. The van der Waals surface area contributed by atoms with Gasteiger partial charge < -0.3 is 10.6 Å². The van der Waals surface area contributed by atoms with Crippen LogP contribution in [0.5, 0.6) is 0 Å². The minimum atomic E-state index is 0.510.